The van der Waals surface area contributed by atoms with E-state index in [1.165, 1.54) is 17.5 Å². The van der Waals surface area contributed by atoms with E-state index in [1.807, 2.05) is 20.8 Å². The summed E-state index contributed by atoms with van der Waals surface area (Å²) in [6.07, 6.45) is 0.451. The van der Waals surface area contributed by atoms with Gasteiger partial charge in [0.05, 0.1) is 17.6 Å². The van der Waals surface area contributed by atoms with Gasteiger partial charge in [-0.1, -0.05) is 0 Å². The Labute approximate surface area is 220 Å². The first-order valence-corrected chi connectivity index (χ1v) is 12.9. The molecule has 0 saturated heterocycles. The minimum Gasteiger partial charge on any atom is -0.474 e. The van der Waals surface area contributed by atoms with Crippen LogP contribution in [-0.4, -0.2) is 69.5 Å². The highest BCUT2D eigenvalue weighted by Gasteiger charge is 2.34. The van der Waals surface area contributed by atoms with E-state index in [9.17, 15) is 19.5 Å². The summed E-state index contributed by atoms with van der Waals surface area (Å²) < 4.78 is 16.5. The number of esters is 1. The summed E-state index contributed by atoms with van der Waals surface area (Å²) in [5.41, 5.74) is -0.491. The molecular formula is C26H35N3O7S. The van der Waals surface area contributed by atoms with Crippen LogP contribution < -0.4 is 10.1 Å². The quantitative estimate of drug-likeness (QED) is 0.519. The van der Waals surface area contributed by atoms with Crippen LogP contribution in [0, 0.1) is 0 Å². The number of ether oxygens (including phenoxy) is 3. The smallest absolute Gasteiger partial charge is 0.410 e. The van der Waals surface area contributed by atoms with Crippen molar-refractivity contribution in [1.82, 2.24) is 15.2 Å². The van der Waals surface area contributed by atoms with Gasteiger partial charge in [0.25, 0.3) is 5.91 Å². The van der Waals surface area contributed by atoms with E-state index in [-0.39, 0.29) is 18.4 Å². The van der Waals surface area contributed by atoms with Crippen molar-refractivity contribution in [2.45, 2.75) is 77.9 Å². The second kappa shape index (κ2) is 11.5. The number of nitrogens with one attached hydrogen (secondary N) is 1. The summed E-state index contributed by atoms with van der Waals surface area (Å²) >= 11 is 1.34. The summed E-state index contributed by atoms with van der Waals surface area (Å²) in [5.74, 6) is -0.872. The van der Waals surface area contributed by atoms with E-state index in [4.69, 9.17) is 14.2 Å². The van der Waals surface area contributed by atoms with Gasteiger partial charge in [0, 0.05) is 24.2 Å². The number of aromatic nitrogens is 1. The summed E-state index contributed by atoms with van der Waals surface area (Å²) in [6, 6.07) is 4.99. The van der Waals surface area contributed by atoms with Gasteiger partial charge in [0.15, 0.2) is 0 Å². The number of nitrogens with zero attached hydrogens (tertiary/aromatic N) is 2. The van der Waals surface area contributed by atoms with E-state index in [2.05, 4.69) is 10.3 Å². The summed E-state index contributed by atoms with van der Waals surface area (Å²) in [6.45, 7) is 11.2. The van der Waals surface area contributed by atoms with Gasteiger partial charge < -0.3 is 29.5 Å². The Bertz CT molecular complexity index is 1110. The first-order valence-electron chi connectivity index (χ1n) is 12.1. The maximum Gasteiger partial charge on any atom is 0.410 e. The fraction of sp³-hybridized carbons (Fsp3) is 0.538. The van der Waals surface area contributed by atoms with Gasteiger partial charge >= 0.3 is 12.1 Å². The molecule has 2 aromatic rings. The van der Waals surface area contributed by atoms with Gasteiger partial charge in [-0.05, 0) is 71.7 Å². The lowest BCUT2D eigenvalue weighted by Crippen LogP contribution is -2.48. The minimum atomic E-state index is -1.38. The lowest BCUT2D eigenvalue weighted by atomic mass is 10.1. The highest BCUT2D eigenvalue weighted by molar-refractivity contribution is 7.14. The van der Waals surface area contributed by atoms with Crippen molar-refractivity contribution >= 4 is 29.3 Å². The highest BCUT2D eigenvalue weighted by Crippen LogP contribution is 2.29. The highest BCUT2D eigenvalue weighted by atomic mass is 32.1. The normalized spacial score (nSPS) is 15.3. The molecule has 0 bridgehead atoms. The van der Waals surface area contributed by atoms with Crippen LogP contribution in [-0.2, 0) is 27.2 Å². The zero-order valence-corrected chi connectivity index (χ0v) is 22.9. The molecule has 2 aromatic heterocycles. The standard InChI is InChI=1S/C26H35N3O7S/c1-25(2,3)35-23(32)21(34-17-8-7-10-27-13-17)18(30)14-28-22(31)20-12-16-15-29(11-9-19(16)37-20)24(33)36-26(4,5)6/h7-8,10,12-13,18,21,30H,9,11,14-15H2,1-6H3,(H,28,31). The molecule has 0 radical (unpaired) electrons. The molecule has 0 saturated carbocycles. The molecule has 3 rings (SSSR count). The van der Waals surface area contributed by atoms with Crippen LogP contribution in [0.4, 0.5) is 4.79 Å². The first kappa shape index (κ1) is 28.4. The Hall–Kier alpha value is -3.18. The van der Waals surface area contributed by atoms with Crippen LogP contribution in [0.5, 0.6) is 5.75 Å². The molecule has 2 unspecified atom stereocenters. The van der Waals surface area contributed by atoms with Gasteiger partial charge in [-0.15, -0.1) is 11.3 Å². The van der Waals surface area contributed by atoms with E-state index in [0.29, 0.717) is 24.4 Å². The van der Waals surface area contributed by atoms with Crippen LogP contribution in [0.15, 0.2) is 30.6 Å². The number of rotatable bonds is 7. The molecule has 2 atom stereocenters. The van der Waals surface area contributed by atoms with Gasteiger partial charge in [-0.3, -0.25) is 9.78 Å². The number of amides is 2. The molecule has 0 fully saturated rings. The molecule has 11 heteroatoms. The molecule has 0 spiro atoms. The van der Waals surface area contributed by atoms with Crippen LogP contribution in [0.2, 0.25) is 0 Å². The zero-order valence-electron chi connectivity index (χ0n) is 22.1. The van der Waals surface area contributed by atoms with Crippen LogP contribution in [0.3, 0.4) is 0 Å². The molecule has 10 nitrogen and oxygen atoms in total. The maximum absolute atomic E-state index is 12.9. The number of carbonyl (C=O) groups excluding carboxylic acids is 3. The van der Waals surface area contributed by atoms with Gasteiger partial charge in [-0.2, -0.15) is 0 Å². The predicted octanol–water partition coefficient (Wildman–Crippen LogP) is 3.32. The van der Waals surface area contributed by atoms with Gasteiger partial charge in [-0.25, -0.2) is 9.59 Å². The van der Waals surface area contributed by atoms with Crippen molar-refractivity contribution in [2.24, 2.45) is 0 Å². The third-order valence-electron chi connectivity index (χ3n) is 5.10. The average molecular weight is 534 g/mol. The van der Waals surface area contributed by atoms with Crippen LogP contribution >= 0.6 is 11.3 Å². The van der Waals surface area contributed by atoms with Crippen molar-refractivity contribution in [1.29, 1.82) is 0 Å². The number of pyridine rings is 1. The molecule has 1 aliphatic heterocycles. The van der Waals surface area contributed by atoms with E-state index in [0.717, 1.165) is 10.4 Å². The van der Waals surface area contributed by atoms with E-state index < -0.39 is 35.3 Å². The predicted molar refractivity (Wildman–Crippen MR) is 138 cm³/mol. The topological polar surface area (TPSA) is 127 Å². The van der Waals surface area contributed by atoms with Crippen LogP contribution in [0.25, 0.3) is 0 Å². The molecule has 2 N–H and O–H groups in total. The third-order valence-corrected chi connectivity index (χ3v) is 6.34. The fourth-order valence-electron chi connectivity index (χ4n) is 3.53. The molecule has 0 aromatic carbocycles. The second-order valence-electron chi connectivity index (χ2n) is 10.7. The number of thiophene rings is 1. The number of fused-ring (bicyclic) bond motifs is 1. The lowest BCUT2D eigenvalue weighted by molar-refractivity contribution is -0.168. The molecular weight excluding hydrogens is 498 g/mol. The lowest BCUT2D eigenvalue weighted by Gasteiger charge is -2.29. The van der Waals surface area contributed by atoms with E-state index in [1.54, 1.807) is 50.1 Å². The Morgan fingerprint density at radius 3 is 2.49 bits per heavy atom. The van der Waals surface area contributed by atoms with Crippen molar-refractivity contribution < 1.29 is 33.7 Å². The SMILES string of the molecule is CC(C)(C)OC(=O)C(Oc1cccnc1)C(O)CNC(=O)c1cc2c(s1)CCN(C(=O)OC(C)(C)C)C2. The number of aliphatic hydroxyl groups is 1. The molecule has 0 aliphatic carbocycles. The van der Waals surface area contributed by atoms with Gasteiger partial charge in [0.2, 0.25) is 6.10 Å². The van der Waals surface area contributed by atoms with Crippen molar-refractivity contribution in [2.75, 3.05) is 13.1 Å². The summed E-state index contributed by atoms with van der Waals surface area (Å²) in [4.78, 5) is 45.1. The Balaban J connectivity index is 1.63. The van der Waals surface area contributed by atoms with Crippen LogP contribution in [0.1, 0.15) is 61.7 Å². The van der Waals surface area contributed by atoms with Crippen molar-refractivity contribution in [3.63, 3.8) is 0 Å². The number of aliphatic hydroxyl groups excluding tert-OH is 1. The van der Waals surface area contributed by atoms with Crippen molar-refractivity contribution in [3.05, 3.63) is 45.9 Å². The monoisotopic (exact) mass is 533 g/mol. The zero-order chi connectivity index (χ0) is 27.4. The number of hydrogen-bond donors (Lipinski definition) is 2. The molecule has 1 aliphatic rings. The molecule has 3 heterocycles. The first-order chi connectivity index (χ1) is 17.2. The second-order valence-corrected chi connectivity index (χ2v) is 11.9. The van der Waals surface area contributed by atoms with Crippen molar-refractivity contribution in [3.8, 4) is 5.75 Å². The third kappa shape index (κ3) is 8.43. The van der Waals surface area contributed by atoms with E-state index >= 15 is 0 Å². The summed E-state index contributed by atoms with van der Waals surface area (Å²) in [5, 5.41) is 13.4. The Morgan fingerprint density at radius 1 is 1.16 bits per heavy atom. The maximum atomic E-state index is 12.9. The number of hydrogen-bond acceptors (Lipinski definition) is 9. The Morgan fingerprint density at radius 2 is 1.86 bits per heavy atom. The Kier molecular flexibility index (Phi) is 8.80. The molecule has 202 valence electrons. The minimum absolute atomic E-state index is 0.240. The fourth-order valence-corrected chi connectivity index (χ4v) is 4.61. The summed E-state index contributed by atoms with van der Waals surface area (Å²) in [7, 11) is 0. The van der Waals surface area contributed by atoms with Gasteiger partial charge in [0.1, 0.15) is 23.1 Å². The largest absolute Gasteiger partial charge is 0.474 e. The molecule has 2 amide bonds. The number of carbonyl (C=O) groups is 3. The molecule has 37 heavy (non-hydrogen) atoms. The average Bonchev–Trinajstić information content (AvgIpc) is 3.22.